The summed E-state index contributed by atoms with van der Waals surface area (Å²) in [7, 11) is 0. The minimum absolute atomic E-state index is 0.458. The van der Waals surface area contributed by atoms with Gasteiger partial charge in [0.15, 0.2) is 0 Å². The van der Waals surface area contributed by atoms with Gasteiger partial charge in [0.2, 0.25) is 0 Å². The molecule has 0 radical (unpaired) electrons. The van der Waals surface area contributed by atoms with Crippen LogP contribution < -0.4 is 0 Å². The fourth-order valence-corrected chi connectivity index (χ4v) is 1.98. The molecule has 1 aromatic rings. The molecule has 0 atom stereocenters. The normalized spacial score (nSPS) is 12.7. The van der Waals surface area contributed by atoms with E-state index in [1.807, 2.05) is 24.3 Å². The van der Waals surface area contributed by atoms with E-state index in [4.69, 9.17) is 0 Å². The molecule has 1 aliphatic carbocycles. The summed E-state index contributed by atoms with van der Waals surface area (Å²) in [6.07, 6.45) is 5.59. The van der Waals surface area contributed by atoms with Gasteiger partial charge in [-0.1, -0.05) is 41.4 Å². The highest BCUT2D eigenvalue weighted by molar-refractivity contribution is 8.03. The summed E-state index contributed by atoms with van der Waals surface area (Å²) in [4.78, 5) is 12.3. The van der Waals surface area contributed by atoms with Gasteiger partial charge in [0.25, 0.3) is 0 Å². The molecule has 0 fully saturated rings. The van der Waals surface area contributed by atoms with Crippen LogP contribution in [0.4, 0.5) is 5.69 Å². The molecule has 0 heterocycles. The molecule has 0 N–H and O–H groups in total. The third kappa shape index (κ3) is 2.36. The molecular formula is C12H7NOS. The molecule has 0 aliphatic heterocycles. The average Bonchev–Trinajstić information content (AvgIpc) is 2.31. The van der Waals surface area contributed by atoms with Crippen molar-refractivity contribution in [2.45, 2.75) is 4.90 Å². The number of nitrogens with zero attached hydrogens (tertiary/aromatic N) is 1. The summed E-state index contributed by atoms with van der Waals surface area (Å²) < 4.78 is 0. The summed E-state index contributed by atoms with van der Waals surface area (Å²) in [6, 6.07) is 7.23. The quantitative estimate of drug-likeness (QED) is 0.562. The van der Waals surface area contributed by atoms with E-state index in [1.54, 1.807) is 18.2 Å². The summed E-state index contributed by atoms with van der Waals surface area (Å²) in [5.74, 6) is 0. The molecule has 3 heteroatoms. The first-order chi connectivity index (χ1) is 7.40. The predicted molar refractivity (Wildman–Crippen MR) is 62.0 cm³/mol. The number of hydrogen-bond acceptors (Lipinski definition) is 3. The number of rotatable bonds is 3. The van der Waals surface area contributed by atoms with Crippen molar-refractivity contribution in [3.8, 4) is 0 Å². The van der Waals surface area contributed by atoms with E-state index in [-0.39, 0.29) is 0 Å². The maximum atomic E-state index is 10.5. The molecule has 0 saturated carbocycles. The molecule has 0 unspecified atom stereocenters. The smallest absolute Gasteiger partial charge is 0.121 e. The molecule has 2 nitrogen and oxygen atoms in total. The van der Waals surface area contributed by atoms with E-state index < -0.39 is 0 Å². The molecule has 2 rings (SSSR count). The lowest BCUT2D eigenvalue weighted by Gasteiger charge is -2.01. The van der Waals surface area contributed by atoms with Crippen LogP contribution in [0.2, 0.25) is 0 Å². The number of benzene rings is 1. The van der Waals surface area contributed by atoms with Crippen molar-refractivity contribution in [1.29, 1.82) is 0 Å². The van der Waals surface area contributed by atoms with Gasteiger partial charge in [0, 0.05) is 4.90 Å². The van der Waals surface area contributed by atoms with E-state index in [2.05, 4.69) is 16.6 Å². The summed E-state index contributed by atoms with van der Waals surface area (Å²) in [5, 5.41) is 2.97. The third-order valence-corrected chi connectivity index (χ3v) is 2.83. The fourth-order valence-electron chi connectivity index (χ4n) is 1.13. The standard InChI is InChI=1S/C12H7NOS/c14-13-11-8-4-5-9-12(11)15-10-6-2-1-3-7-10/h1-2,4-6,8-9H. The van der Waals surface area contributed by atoms with E-state index in [0.717, 1.165) is 9.80 Å². The topological polar surface area (TPSA) is 29.4 Å². The monoisotopic (exact) mass is 213 g/mol. The predicted octanol–water partition coefficient (Wildman–Crippen LogP) is 3.94. The maximum Gasteiger partial charge on any atom is 0.121 e. The van der Waals surface area contributed by atoms with Gasteiger partial charge in [-0.3, -0.25) is 0 Å². The second-order valence-electron chi connectivity index (χ2n) is 2.82. The molecular weight excluding hydrogens is 206 g/mol. The first-order valence-corrected chi connectivity index (χ1v) is 5.20. The zero-order valence-corrected chi connectivity index (χ0v) is 8.62. The van der Waals surface area contributed by atoms with Crippen molar-refractivity contribution in [3.05, 3.63) is 63.8 Å². The Hall–Kier alpha value is -1.79. The first kappa shape index (κ1) is 9.75. The van der Waals surface area contributed by atoms with Gasteiger partial charge in [-0.15, -0.1) is 4.91 Å². The Labute approximate surface area is 91.7 Å². The summed E-state index contributed by atoms with van der Waals surface area (Å²) >= 11 is 1.46. The Morgan fingerprint density at radius 2 is 2.13 bits per heavy atom. The molecule has 1 aliphatic rings. The second kappa shape index (κ2) is 4.63. The van der Waals surface area contributed by atoms with Crippen molar-refractivity contribution in [1.82, 2.24) is 0 Å². The zero-order valence-electron chi connectivity index (χ0n) is 7.81. The van der Waals surface area contributed by atoms with Crippen LogP contribution in [0, 0.1) is 4.91 Å². The van der Waals surface area contributed by atoms with Gasteiger partial charge in [-0.2, -0.15) is 0 Å². The molecule has 0 saturated heterocycles. The highest BCUT2D eigenvalue weighted by Crippen LogP contribution is 2.34. The molecule has 15 heavy (non-hydrogen) atoms. The number of thioether (sulfide) groups is 1. The minimum atomic E-state index is 0.458. The Morgan fingerprint density at radius 1 is 1.27 bits per heavy atom. The molecule has 0 aromatic heterocycles. The Balaban J connectivity index is 2.32. The SMILES string of the molecule is O=Nc1ccccc1SC1=C=C=CC=C1. The lowest BCUT2D eigenvalue weighted by atomic mass is 10.3. The molecule has 0 amide bonds. The molecule has 0 bridgehead atoms. The second-order valence-corrected chi connectivity index (χ2v) is 3.90. The minimum Gasteiger partial charge on any atom is -0.145 e. The van der Waals surface area contributed by atoms with Crippen LogP contribution in [0.15, 0.2) is 68.9 Å². The summed E-state index contributed by atoms with van der Waals surface area (Å²) in [6.45, 7) is 0. The van der Waals surface area contributed by atoms with Gasteiger partial charge in [-0.05, 0) is 29.5 Å². The van der Waals surface area contributed by atoms with Crippen LogP contribution in [0.5, 0.6) is 0 Å². The Morgan fingerprint density at radius 3 is 2.87 bits per heavy atom. The van der Waals surface area contributed by atoms with Crippen molar-refractivity contribution >= 4 is 17.4 Å². The number of nitroso groups, excluding NO2 is 1. The van der Waals surface area contributed by atoms with E-state index in [9.17, 15) is 4.91 Å². The molecule has 72 valence electrons. The van der Waals surface area contributed by atoms with Crippen LogP contribution in [0.25, 0.3) is 0 Å². The van der Waals surface area contributed by atoms with Crippen molar-refractivity contribution in [2.75, 3.05) is 0 Å². The van der Waals surface area contributed by atoms with Gasteiger partial charge in [0.05, 0.1) is 4.91 Å². The lowest BCUT2D eigenvalue weighted by Crippen LogP contribution is -1.74. The van der Waals surface area contributed by atoms with Crippen LogP contribution in [0.3, 0.4) is 0 Å². The van der Waals surface area contributed by atoms with Crippen LogP contribution in [0.1, 0.15) is 0 Å². The van der Waals surface area contributed by atoms with E-state index in [0.29, 0.717) is 5.69 Å². The first-order valence-electron chi connectivity index (χ1n) is 4.39. The molecule has 1 aromatic carbocycles. The van der Waals surface area contributed by atoms with Crippen molar-refractivity contribution < 1.29 is 0 Å². The van der Waals surface area contributed by atoms with Crippen LogP contribution >= 0.6 is 11.8 Å². The van der Waals surface area contributed by atoms with Gasteiger partial charge in [-0.25, -0.2) is 0 Å². The largest absolute Gasteiger partial charge is 0.145 e. The lowest BCUT2D eigenvalue weighted by molar-refractivity contribution is 1.36. The van der Waals surface area contributed by atoms with Gasteiger partial charge >= 0.3 is 0 Å². The van der Waals surface area contributed by atoms with Gasteiger partial charge in [0.1, 0.15) is 5.69 Å². The van der Waals surface area contributed by atoms with Crippen molar-refractivity contribution in [2.24, 2.45) is 5.18 Å². The molecule has 0 spiro atoms. The number of hydrogen-bond donors (Lipinski definition) is 0. The maximum absolute atomic E-state index is 10.5. The zero-order chi connectivity index (χ0) is 10.5. The van der Waals surface area contributed by atoms with E-state index in [1.165, 1.54) is 11.8 Å². The highest BCUT2D eigenvalue weighted by Gasteiger charge is 2.04. The Bertz CT molecular complexity index is 518. The van der Waals surface area contributed by atoms with Gasteiger partial charge < -0.3 is 0 Å². The average molecular weight is 213 g/mol. The summed E-state index contributed by atoms with van der Waals surface area (Å²) in [5.41, 5.74) is 6.28. The fraction of sp³-hybridized carbons (Fsp3) is 0. The van der Waals surface area contributed by atoms with E-state index >= 15 is 0 Å². The third-order valence-electron chi connectivity index (χ3n) is 1.81. The van der Waals surface area contributed by atoms with Crippen LogP contribution in [-0.2, 0) is 0 Å². The Kier molecular flexibility index (Phi) is 3.01. The van der Waals surface area contributed by atoms with Crippen molar-refractivity contribution in [3.63, 3.8) is 0 Å². The number of allylic oxidation sites excluding steroid dienone is 3. The highest BCUT2D eigenvalue weighted by atomic mass is 32.2. The van der Waals surface area contributed by atoms with Crippen LogP contribution in [-0.4, -0.2) is 0 Å².